The van der Waals surface area contributed by atoms with Crippen LogP contribution in [0.3, 0.4) is 0 Å². The van der Waals surface area contributed by atoms with Crippen LogP contribution in [0.15, 0.2) is 128 Å². The number of benzene rings is 3. The zero-order valence-electron chi connectivity index (χ0n) is 24.7. The SMILES string of the molecule is FC(F)(F)c1cc[c-]c(-c2ccccn2)c1.FC(F)(F)c1cc[c-]c(-c2ccccn2)c1.FC(F)(F)c1cc[c-]c(-c2ccccn2)c1.[Ir+3]. The van der Waals surface area contributed by atoms with Crippen molar-refractivity contribution in [3.8, 4) is 33.8 Å². The van der Waals surface area contributed by atoms with Crippen LogP contribution < -0.4 is 0 Å². The molecule has 3 heterocycles. The molecule has 0 aliphatic carbocycles. The second-order valence-electron chi connectivity index (χ2n) is 9.61. The number of pyridine rings is 3. The van der Waals surface area contributed by atoms with Crippen molar-refractivity contribution in [2.45, 2.75) is 18.5 Å². The Morgan fingerprint density at radius 3 is 0.857 bits per heavy atom. The Bertz CT molecular complexity index is 1660. The van der Waals surface area contributed by atoms with Gasteiger partial charge in [-0.25, -0.2) is 0 Å². The number of hydrogen-bond acceptors (Lipinski definition) is 3. The van der Waals surface area contributed by atoms with Crippen LogP contribution in [0.1, 0.15) is 16.7 Å². The summed E-state index contributed by atoms with van der Waals surface area (Å²) in [5.41, 5.74) is 0.405. The molecule has 0 atom stereocenters. The molecule has 0 aliphatic heterocycles. The van der Waals surface area contributed by atoms with Crippen molar-refractivity contribution < 1.29 is 59.6 Å². The Morgan fingerprint density at radius 1 is 0.388 bits per heavy atom. The van der Waals surface area contributed by atoms with Crippen LogP contribution in [-0.2, 0) is 38.6 Å². The van der Waals surface area contributed by atoms with E-state index in [2.05, 4.69) is 33.2 Å². The van der Waals surface area contributed by atoms with E-state index in [1.54, 1.807) is 54.6 Å². The van der Waals surface area contributed by atoms with E-state index in [0.29, 0.717) is 33.8 Å². The number of alkyl halides is 9. The van der Waals surface area contributed by atoms with Gasteiger partial charge in [-0.05, 0) is 52.0 Å². The summed E-state index contributed by atoms with van der Waals surface area (Å²) in [5, 5.41) is 0. The molecular weight excluding hydrogens is 838 g/mol. The van der Waals surface area contributed by atoms with Crippen LogP contribution in [0, 0.1) is 18.2 Å². The number of hydrogen-bond donors (Lipinski definition) is 0. The molecular formula is C36H21F9IrN3. The van der Waals surface area contributed by atoms with E-state index in [9.17, 15) is 39.5 Å². The number of halogens is 9. The third-order valence-electron chi connectivity index (χ3n) is 6.21. The summed E-state index contributed by atoms with van der Waals surface area (Å²) in [4.78, 5) is 11.9. The molecule has 0 radical (unpaired) electrons. The summed E-state index contributed by atoms with van der Waals surface area (Å²) in [6, 6.07) is 33.3. The van der Waals surface area contributed by atoms with E-state index >= 15 is 0 Å². The van der Waals surface area contributed by atoms with Gasteiger partial charge in [-0.15, -0.1) is 89.5 Å². The van der Waals surface area contributed by atoms with Gasteiger partial charge in [-0.2, -0.15) is 39.5 Å². The van der Waals surface area contributed by atoms with Crippen LogP contribution in [0.2, 0.25) is 0 Å². The topological polar surface area (TPSA) is 38.7 Å². The molecule has 0 saturated heterocycles. The van der Waals surface area contributed by atoms with Crippen molar-refractivity contribution in [3.05, 3.63) is 163 Å². The van der Waals surface area contributed by atoms with Crippen LogP contribution in [0.5, 0.6) is 0 Å². The summed E-state index contributed by atoms with van der Waals surface area (Å²) >= 11 is 0. The molecule has 0 N–H and O–H groups in total. The minimum atomic E-state index is -4.33. The van der Waals surface area contributed by atoms with Crippen molar-refractivity contribution in [3.63, 3.8) is 0 Å². The van der Waals surface area contributed by atoms with E-state index in [1.807, 2.05) is 0 Å². The second kappa shape index (κ2) is 17.0. The molecule has 0 unspecified atom stereocenters. The van der Waals surface area contributed by atoms with Gasteiger partial charge in [0.1, 0.15) is 0 Å². The molecule has 3 nitrogen and oxygen atoms in total. The van der Waals surface area contributed by atoms with Crippen molar-refractivity contribution in [2.24, 2.45) is 0 Å². The quantitative estimate of drug-likeness (QED) is 0.131. The molecule has 6 aromatic rings. The van der Waals surface area contributed by atoms with Crippen LogP contribution in [-0.4, -0.2) is 15.0 Å². The summed E-state index contributed by atoms with van der Waals surface area (Å²) in [7, 11) is 0. The molecule has 0 fully saturated rings. The molecule has 49 heavy (non-hydrogen) atoms. The van der Waals surface area contributed by atoms with Gasteiger partial charge in [-0.3, -0.25) is 0 Å². The first-order valence-corrected chi connectivity index (χ1v) is 13.7. The Morgan fingerprint density at radius 2 is 0.653 bits per heavy atom. The van der Waals surface area contributed by atoms with Gasteiger partial charge in [0.05, 0.1) is 0 Å². The summed E-state index contributed by atoms with van der Waals surface area (Å²) in [6.07, 6.45) is -8.41. The fourth-order valence-electron chi connectivity index (χ4n) is 3.94. The molecule has 6 rings (SSSR count). The van der Waals surface area contributed by atoms with E-state index in [4.69, 9.17) is 0 Å². The molecule has 0 saturated carbocycles. The second-order valence-corrected chi connectivity index (χ2v) is 9.61. The molecule has 0 amide bonds. The minimum absolute atomic E-state index is 0. The Kier molecular flexibility index (Phi) is 13.4. The Balaban J connectivity index is 0.000000197. The maximum absolute atomic E-state index is 12.4. The normalized spacial score (nSPS) is 11.2. The average Bonchev–Trinajstić information content (AvgIpc) is 3.09. The first kappa shape index (κ1) is 38.6. The fraction of sp³-hybridized carbons (Fsp3) is 0.0833. The number of nitrogens with zero attached hydrogens (tertiary/aromatic N) is 3. The van der Waals surface area contributed by atoms with Gasteiger partial charge in [0.25, 0.3) is 0 Å². The maximum atomic E-state index is 12.4. The first-order chi connectivity index (χ1) is 22.7. The van der Waals surface area contributed by atoms with Crippen LogP contribution >= 0.6 is 0 Å². The minimum Gasteiger partial charge on any atom is -0.305 e. The predicted octanol–water partition coefficient (Wildman–Crippen LogP) is 10.7. The van der Waals surface area contributed by atoms with Crippen LogP contribution in [0.4, 0.5) is 39.5 Å². The largest absolute Gasteiger partial charge is 3.00 e. The van der Waals surface area contributed by atoms with E-state index in [-0.39, 0.29) is 20.1 Å². The summed E-state index contributed by atoms with van der Waals surface area (Å²) in [6.45, 7) is 0. The standard InChI is InChI=1S/3C12H7F3N.Ir/c3*13-12(14,15)10-5-3-4-9(8-10)11-6-1-2-7-16-11;/h3*1-3,5-8H;/q3*-1;+3. The Hall–Kier alpha value is -4.87. The van der Waals surface area contributed by atoms with Crippen molar-refractivity contribution in [1.29, 1.82) is 0 Å². The van der Waals surface area contributed by atoms with Gasteiger partial charge in [0.2, 0.25) is 0 Å². The van der Waals surface area contributed by atoms with Gasteiger partial charge in [0.15, 0.2) is 0 Å². The molecule has 0 bridgehead atoms. The van der Waals surface area contributed by atoms with Gasteiger partial charge in [0, 0.05) is 18.6 Å². The summed E-state index contributed by atoms with van der Waals surface area (Å²) < 4.78 is 112. The fourth-order valence-corrected chi connectivity index (χ4v) is 3.94. The molecule has 3 aromatic carbocycles. The van der Waals surface area contributed by atoms with Crippen molar-refractivity contribution in [2.75, 3.05) is 0 Å². The average molecular weight is 859 g/mol. The molecule has 3 aromatic heterocycles. The molecule has 0 aliphatic rings. The van der Waals surface area contributed by atoms with E-state index < -0.39 is 35.2 Å². The van der Waals surface area contributed by atoms with Crippen molar-refractivity contribution in [1.82, 2.24) is 15.0 Å². The first-order valence-electron chi connectivity index (χ1n) is 13.7. The van der Waals surface area contributed by atoms with Crippen molar-refractivity contribution >= 4 is 0 Å². The van der Waals surface area contributed by atoms with Gasteiger partial charge < -0.3 is 15.0 Å². The Labute approximate surface area is 288 Å². The zero-order chi connectivity index (χ0) is 34.8. The number of aromatic nitrogens is 3. The molecule has 0 spiro atoms. The van der Waals surface area contributed by atoms with Gasteiger partial charge in [-0.1, -0.05) is 36.4 Å². The van der Waals surface area contributed by atoms with Gasteiger partial charge >= 0.3 is 38.6 Å². The third-order valence-corrected chi connectivity index (χ3v) is 6.21. The maximum Gasteiger partial charge on any atom is 3.00 e. The van der Waals surface area contributed by atoms with E-state index in [1.165, 1.54) is 36.8 Å². The predicted molar refractivity (Wildman–Crippen MR) is 161 cm³/mol. The van der Waals surface area contributed by atoms with E-state index in [0.717, 1.165) is 36.4 Å². The molecule has 252 valence electrons. The zero-order valence-corrected chi connectivity index (χ0v) is 27.1. The monoisotopic (exact) mass is 859 g/mol. The van der Waals surface area contributed by atoms with Crippen LogP contribution in [0.25, 0.3) is 33.8 Å². The molecule has 13 heteroatoms. The smallest absolute Gasteiger partial charge is 0.305 e. The third kappa shape index (κ3) is 11.7. The number of rotatable bonds is 3. The summed E-state index contributed by atoms with van der Waals surface area (Å²) in [5.74, 6) is 0.